The number of aryl methyl sites for hydroxylation is 1. The lowest BCUT2D eigenvalue weighted by Gasteiger charge is -2.08. The first-order valence-electron chi connectivity index (χ1n) is 8.11. The standard InChI is InChI=1S/C19H14BrN5OS/c1-12-10-17(25-19(23-12)21-11-22-25)27-14-8-6-13(7-9-14)24-18(26)15-4-2-3-5-16(15)20/h2-11H,1H3,(H,24,26). The third kappa shape index (κ3) is 3.86. The van der Waals surface area contributed by atoms with Crippen LogP contribution in [0.4, 0.5) is 5.69 Å². The molecule has 0 unspecified atom stereocenters. The molecule has 6 nitrogen and oxygen atoms in total. The van der Waals surface area contributed by atoms with Crippen LogP contribution in [0.3, 0.4) is 0 Å². The number of anilines is 1. The van der Waals surface area contributed by atoms with Gasteiger partial charge in [-0.1, -0.05) is 23.9 Å². The van der Waals surface area contributed by atoms with Crippen molar-refractivity contribution in [3.8, 4) is 0 Å². The van der Waals surface area contributed by atoms with E-state index in [1.807, 2.05) is 55.5 Å². The molecule has 1 N–H and O–H groups in total. The number of amides is 1. The molecule has 0 aliphatic heterocycles. The van der Waals surface area contributed by atoms with Gasteiger partial charge in [-0.05, 0) is 65.3 Å². The number of carbonyl (C=O) groups is 1. The van der Waals surface area contributed by atoms with Gasteiger partial charge in [-0.25, -0.2) is 4.98 Å². The number of benzene rings is 2. The van der Waals surface area contributed by atoms with Crippen molar-refractivity contribution in [2.45, 2.75) is 16.8 Å². The number of nitrogens with zero attached hydrogens (tertiary/aromatic N) is 4. The molecule has 0 fully saturated rings. The molecule has 0 aliphatic rings. The minimum atomic E-state index is -0.156. The van der Waals surface area contributed by atoms with Gasteiger partial charge in [0.05, 0.1) is 5.56 Å². The van der Waals surface area contributed by atoms with Gasteiger partial charge in [-0.3, -0.25) is 4.79 Å². The van der Waals surface area contributed by atoms with Crippen LogP contribution in [0.25, 0.3) is 5.78 Å². The summed E-state index contributed by atoms with van der Waals surface area (Å²) in [5.74, 6) is 0.423. The zero-order valence-electron chi connectivity index (χ0n) is 14.3. The van der Waals surface area contributed by atoms with E-state index in [4.69, 9.17) is 0 Å². The topological polar surface area (TPSA) is 72.2 Å². The van der Waals surface area contributed by atoms with Crippen LogP contribution < -0.4 is 5.32 Å². The molecule has 0 atom stereocenters. The highest BCUT2D eigenvalue weighted by Gasteiger charge is 2.10. The van der Waals surface area contributed by atoms with Crippen molar-refractivity contribution in [1.82, 2.24) is 19.6 Å². The molecule has 0 saturated heterocycles. The number of fused-ring (bicyclic) bond motifs is 1. The van der Waals surface area contributed by atoms with Gasteiger partial charge in [0.2, 0.25) is 0 Å². The summed E-state index contributed by atoms with van der Waals surface area (Å²) in [6.45, 7) is 1.93. The molecule has 1 amide bonds. The molecular weight excluding hydrogens is 426 g/mol. The van der Waals surface area contributed by atoms with Crippen LogP contribution in [0.15, 0.2) is 75.3 Å². The Labute approximate surface area is 168 Å². The molecule has 0 saturated carbocycles. The van der Waals surface area contributed by atoms with Crippen LogP contribution >= 0.6 is 27.7 Å². The number of rotatable bonds is 4. The SMILES string of the molecule is Cc1cc(Sc2ccc(NC(=O)c3ccccc3Br)cc2)n2ncnc2n1. The highest BCUT2D eigenvalue weighted by Crippen LogP contribution is 2.29. The first-order chi connectivity index (χ1) is 13.1. The van der Waals surface area contributed by atoms with Crippen LogP contribution in [-0.2, 0) is 0 Å². The lowest BCUT2D eigenvalue weighted by atomic mass is 10.2. The van der Waals surface area contributed by atoms with E-state index < -0.39 is 0 Å². The van der Waals surface area contributed by atoms with Crippen molar-refractivity contribution in [1.29, 1.82) is 0 Å². The molecule has 134 valence electrons. The third-order valence-electron chi connectivity index (χ3n) is 3.80. The summed E-state index contributed by atoms with van der Waals surface area (Å²) >= 11 is 4.96. The molecule has 4 aromatic rings. The normalized spacial score (nSPS) is 10.9. The Morgan fingerprint density at radius 2 is 1.93 bits per heavy atom. The van der Waals surface area contributed by atoms with Gasteiger partial charge in [-0.15, -0.1) is 0 Å². The minimum Gasteiger partial charge on any atom is -0.322 e. The van der Waals surface area contributed by atoms with Crippen LogP contribution in [0.2, 0.25) is 0 Å². The Kier molecular flexibility index (Phi) is 4.91. The maximum absolute atomic E-state index is 12.4. The molecule has 0 radical (unpaired) electrons. The molecule has 0 spiro atoms. The maximum atomic E-state index is 12.4. The smallest absolute Gasteiger partial charge is 0.256 e. The Hall–Kier alpha value is -2.71. The van der Waals surface area contributed by atoms with Gasteiger partial charge in [0.15, 0.2) is 0 Å². The van der Waals surface area contributed by atoms with E-state index >= 15 is 0 Å². The van der Waals surface area contributed by atoms with Gasteiger partial charge >= 0.3 is 0 Å². The number of hydrogen-bond donors (Lipinski definition) is 1. The van der Waals surface area contributed by atoms with Crippen LogP contribution in [0.5, 0.6) is 0 Å². The quantitative estimate of drug-likeness (QED) is 0.470. The van der Waals surface area contributed by atoms with Gasteiger partial charge in [0.25, 0.3) is 11.7 Å². The maximum Gasteiger partial charge on any atom is 0.256 e. The minimum absolute atomic E-state index is 0.156. The van der Waals surface area contributed by atoms with Crippen LogP contribution in [0.1, 0.15) is 16.1 Å². The van der Waals surface area contributed by atoms with E-state index in [9.17, 15) is 4.79 Å². The predicted octanol–water partition coefficient (Wildman–Crippen LogP) is 4.60. The van der Waals surface area contributed by atoms with Crippen LogP contribution in [-0.4, -0.2) is 25.5 Å². The van der Waals surface area contributed by atoms with Crippen LogP contribution in [0, 0.1) is 6.92 Å². The monoisotopic (exact) mass is 439 g/mol. The van der Waals surface area contributed by atoms with E-state index in [2.05, 4.69) is 36.3 Å². The van der Waals surface area contributed by atoms with Crippen molar-refractivity contribution in [2.75, 3.05) is 5.32 Å². The Morgan fingerprint density at radius 1 is 1.15 bits per heavy atom. The largest absolute Gasteiger partial charge is 0.322 e. The van der Waals surface area contributed by atoms with Gasteiger partial charge < -0.3 is 5.32 Å². The molecule has 4 rings (SSSR count). The van der Waals surface area contributed by atoms with Crippen molar-refractivity contribution >= 4 is 45.1 Å². The summed E-state index contributed by atoms with van der Waals surface area (Å²) in [5.41, 5.74) is 2.21. The number of nitrogens with one attached hydrogen (secondary N) is 1. The van der Waals surface area contributed by atoms with Crippen molar-refractivity contribution in [3.05, 3.63) is 76.7 Å². The van der Waals surface area contributed by atoms with Crippen molar-refractivity contribution in [3.63, 3.8) is 0 Å². The Bertz CT molecular complexity index is 1130. The zero-order valence-corrected chi connectivity index (χ0v) is 16.7. The Morgan fingerprint density at radius 3 is 2.70 bits per heavy atom. The molecule has 2 heterocycles. The first kappa shape index (κ1) is 17.7. The summed E-state index contributed by atoms with van der Waals surface area (Å²) < 4.78 is 2.47. The average molecular weight is 440 g/mol. The number of aromatic nitrogens is 4. The van der Waals surface area contributed by atoms with Crippen molar-refractivity contribution < 1.29 is 4.79 Å². The van der Waals surface area contributed by atoms with Crippen molar-refractivity contribution in [2.24, 2.45) is 0 Å². The van der Waals surface area contributed by atoms with Gasteiger partial charge in [0.1, 0.15) is 11.4 Å². The molecule has 0 bridgehead atoms. The third-order valence-corrected chi connectivity index (χ3v) is 5.50. The summed E-state index contributed by atoms with van der Waals surface area (Å²) in [6, 6.07) is 17.0. The lowest BCUT2D eigenvalue weighted by Crippen LogP contribution is -2.12. The second kappa shape index (κ2) is 7.50. The fourth-order valence-corrected chi connectivity index (χ4v) is 3.96. The van der Waals surface area contributed by atoms with E-state index in [0.717, 1.165) is 25.8 Å². The number of hydrogen-bond acceptors (Lipinski definition) is 5. The Balaban J connectivity index is 1.51. The summed E-state index contributed by atoms with van der Waals surface area (Å²) in [6.07, 6.45) is 1.49. The zero-order chi connectivity index (χ0) is 18.8. The predicted molar refractivity (Wildman–Crippen MR) is 108 cm³/mol. The van der Waals surface area contributed by atoms with E-state index in [1.165, 1.54) is 6.33 Å². The van der Waals surface area contributed by atoms with Gasteiger partial charge in [-0.2, -0.15) is 14.6 Å². The second-order valence-electron chi connectivity index (χ2n) is 5.77. The highest BCUT2D eigenvalue weighted by molar-refractivity contribution is 9.10. The molecule has 27 heavy (non-hydrogen) atoms. The average Bonchev–Trinajstić information content (AvgIpc) is 3.12. The summed E-state index contributed by atoms with van der Waals surface area (Å²) in [7, 11) is 0. The fourth-order valence-electron chi connectivity index (χ4n) is 2.54. The molecule has 2 aromatic heterocycles. The first-order valence-corrected chi connectivity index (χ1v) is 9.72. The fraction of sp³-hybridized carbons (Fsp3) is 0.0526. The second-order valence-corrected chi connectivity index (χ2v) is 7.72. The molecule has 2 aromatic carbocycles. The van der Waals surface area contributed by atoms with E-state index in [0.29, 0.717) is 11.3 Å². The molecular formula is C19H14BrN5OS. The van der Waals surface area contributed by atoms with E-state index in [-0.39, 0.29) is 5.91 Å². The summed E-state index contributed by atoms with van der Waals surface area (Å²) in [4.78, 5) is 21.9. The van der Waals surface area contributed by atoms with Gasteiger partial charge in [0, 0.05) is 20.7 Å². The van der Waals surface area contributed by atoms with E-state index in [1.54, 1.807) is 22.3 Å². The number of carbonyl (C=O) groups excluding carboxylic acids is 1. The number of halogens is 1. The summed E-state index contributed by atoms with van der Waals surface area (Å²) in [5, 5.41) is 8.05. The molecule has 8 heteroatoms. The molecule has 0 aliphatic carbocycles. The lowest BCUT2D eigenvalue weighted by molar-refractivity contribution is 0.102. The highest BCUT2D eigenvalue weighted by atomic mass is 79.9.